The van der Waals surface area contributed by atoms with Crippen molar-refractivity contribution in [3.8, 4) is 44.9 Å². The third kappa shape index (κ3) is 4.29. The van der Waals surface area contributed by atoms with Crippen LogP contribution in [0.15, 0.2) is 196 Å². The molecule has 0 amide bonds. The van der Waals surface area contributed by atoms with E-state index in [-0.39, 0.29) is 0 Å². The van der Waals surface area contributed by atoms with E-state index in [2.05, 4.69) is 158 Å². The Hall–Kier alpha value is -6.75. The molecule has 256 valence electrons. The van der Waals surface area contributed by atoms with Gasteiger partial charge < -0.3 is 4.42 Å². The zero-order chi connectivity index (χ0) is 36.1. The van der Waals surface area contributed by atoms with E-state index in [1.165, 1.54) is 48.7 Å². The molecule has 1 aliphatic heterocycles. The maximum absolute atomic E-state index is 6.45. The Kier molecular flexibility index (Phi) is 6.48. The molecule has 8 aromatic carbocycles. The molecule has 0 N–H and O–H groups in total. The van der Waals surface area contributed by atoms with Crippen LogP contribution in [-0.4, -0.2) is 9.97 Å². The summed E-state index contributed by atoms with van der Waals surface area (Å²) in [5.41, 5.74) is 15.3. The van der Waals surface area contributed by atoms with Crippen molar-refractivity contribution in [2.45, 2.75) is 15.2 Å². The monoisotopic (exact) mass is 718 g/mol. The fraction of sp³-hybridized carbons (Fsp3) is 0.0196. The molecule has 4 heteroatoms. The Labute approximate surface area is 322 Å². The van der Waals surface area contributed by atoms with Gasteiger partial charge in [-0.3, -0.25) is 0 Å². The largest absolute Gasteiger partial charge is 0.455 e. The molecule has 10 aromatic rings. The fourth-order valence-corrected chi connectivity index (χ4v) is 10.6. The number of fused-ring (bicyclic) bond motifs is 13. The summed E-state index contributed by atoms with van der Waals surface area (Å²) in [5, 5.41) is 3.16. The van der Waals surface area contributed by atoms with Crippen molar-refractivity contribution >= 4 is 44.6 Å². The molecule has 2 aromatic heterocycles. The molecular formula is C51H30N2OS. The lowest BCUT2D eigenvalue weighted by molar-refractivity contribution is 0.669. The molecular weight excluding hydrogens is 689 g/mol. The smallest absolute Gasteiger partial charge is 0.164 e. The molecule has 1 spiro atoms. The second kappa shape index (κ2) is 11.6. The van der Waals surface area contributed by atoms with Gasteiger partial charge in [0.25, 0.3) is 0 Å². The summed E-state index contributed by atoms with van der Waals surface area (Å²) < 4.78 is 6.45. The maximum atomic E-state index is 6.45. The van der Waals surface area contributed by atoms with Gasteiger partial charge in [0.15, 0.2) is 5.82 Å². The van der Waals surface area contributed by atoms with Crippen LogP contribution >= 0.6 is 11.8 Å². The van der Waals surface area contributed by atoms with E-state index in [1.807, 2.05) is 36.0 Å². The van der Waals surface area contributed by atoms with Gasteiger partial charge in [0.05, 0.1) is 22.2 Å². The zero-order valence-electron chi connectivity index (χ0n) is 29.5. The van der Waals surface area contributed by atoms with Gasteiger partial charge in [0.2, 0.25) is 0 Å². The first-order valence-electron chi connectivity index (χ1n) is 18.7. The molecule has 0 fully saturated rings. The van der Waals surface area contributed by atoms with Crippen LogP contribution in [0.4, 0.5) is 0 Å². The van der Waals surface area contributed by atoms with E-state index in [9.17, 15) is 0 Å². The quantitative estimate of drug-likeness (QED) is 0.182. The van der Waals surface area contributed by atoms with Gasteiger partial charge in [-0.15, -0.1) is 0 Å². The summed E-state index contributed by atoms with van der Waals surface area (Å²) in [7, 11) is 0. The first-order valence-corrected chi connectivity index (χ1v) is 19.5. The van der Waals surface area contributed by atoms with E-state index >= 15 is 0 Å². The molecule has 1 aliphatic carbocycles. The number of furan rings is 1. The van der Waals surface area contributed by atoms with Crippen LogP contribution in [0.25, 0.3) is 77.7 Å². The van der Waals surface area contributed by atoms with Crippen molar-refractivity contribution in [3.63, 3.8) is 0 Å². The van der Waals surface area contributed by atoms with Crippen molar-refractivity contribution in [2.75, 3.05) is 0 Å². The summed E-state index contributed by atoms with van der Waals surface area (Å²) in [6.45, 7) is 0. The third-order valence-corrected chi connectivity index (χ3v) is 12.8. The molecule has 0 unspecified atom stereocenters. The molecule has 0 saturated carbocycles. The SMILES string of the molecule is c1cc(-c2cccc3c2Sc2ccccc2C32c3ccccc3-c3ccccc32)cc(-c2nc(-c3cccc4c3oc3ccccc34)nc3ccccc23)c1. The normalized spacial score (nSPS) is 13.5. The highest BCUT2D eigenvalue weighted by molar-refractivity contribution is 7.99. The van der Waals surface area contributed by atoms with E-state index in [0.29, 0.717) is 5.82 Å². The fourth-order valence-electron chi connectivity index (χ4n) is 9.28. The second-order valence-electron chi connectivity index (χ2n) is 14.4. The summed E-state index contributed by atoms with van der Waals surface area (Å²) in [6, 6.07) is 65.5. The molecule has 55 heavy (non-hydrogen) atoms. The number of aromatic nitrogens is 2. The van der Waals surface area contributed by atoms with Crippen LogP contribution in [0.1, 0.15) is 22.3 Å². The zero-order valence-corrected chi connectivity index (χ0v) is 30.3. The molecule has 0 atom stereocenters. The average molecular weight is 719 g/mol. The topological polar surface area (TPSA) is 38.9 Å². The Morgan fingerprint density at radius 3 is 1.89 bits per heavy atom. The van der Waals surface area contributed by atoms with Crippen LogP contribution in [0, 0.1) is 0 Å². The molecule has 0 bridgehead atoms. The van der Waals surface area contributed by atoms with E-state index in [4.69, 9.17) is 14.4 Å². The summed E-state index contributed by atoms with van der Waals surface area (Å²) in [4.78, 5) is 13.0. The Bertz CT molecular complexity index is 3170. The summed E-state index contributed by atoms with van der Waals surface area (Å²) in [5.74, 6) is 0.647. The number of hydrogen-bond acceptors (Lipinski definition) is 4. The number of rotatable bonds is 3. The van der Waals surface area contributed by atoms with Crippen molar-refractivity contribution in [3.05, 3.63) is 204 Å². The van der Waals surface area contributed by atoms with Crippen LogP contribution in [-0.2, 0) is 5.41 Å². The number of benzene rings is 8. The van der Waals surface area contributed by atoms with Crippen LogP contribution in [0.5, 0.6) is 0 Å². The Balaban J connectivity index is 1.07. The maximum Gasteiger partial charge on any atom is 0.164 e. The summed E-state index contributed by atoms with van der Waals surface area (Å²) in [6.07, 6.45) is 0. The molecule has 0 radical (unpaired) electrons. The molecule has 12 rings (SSSR count). The van der Waals surface area contributed by atoms with Gasteiger partial charge in [0.1, 0.15) is 11.2 Å². The lowest BCUT2D eigenvalue weighted by Crippen LogP contribution is -2.32. The van der Waals surface area contributed by atoms with Crippen LogP contribution in [0.2, 0.25) is 0 Å². The molecule has 3 nitrogen and oxygen atoms in total. The Morgan fingerprint density at radius 1 is 0.436 bits per heavy atom. The minimum absolute atomic E-state index is 0.423. The number of hydrogen-bond donors (Lipinski definition) is 0. The predicted molar refractivity (Wildman–Crippen MR) is 225 cm³/mol. The predicted octanol–water partition coefficient (Wildman–Crippen LogP) is 13.4. The lowest BCUT2D eigenvalue weighted by atomic mass is 9.67. The van der Waals surface area contributed by atoms with Gasteiger partial charge >= 0.3 is 0 Å². The third-order valence-electron chi connectivity index (χ3n) is 11.6. The van der Waals surface area contributed by atoms with Gasteiger partial charge in [-0.2, -0.15) is 0 Å². The van der Waals surface area contributed by atoms with Gasteiger partial charge in [0, 0.05) is 31.5 Å². The average Bonchev–Trinajstić information content (AvgIpc) is 3.78. The van der Waals surface area contributed by atoms with Crippen molar-refractivity contribution < 1.29 is 4.42 Å². The van der Waals surface area contributed by atoms with Gasteiger partial charge in [-0.25, -0.2) is 9.97 Å². The first kappa shape index (κ1) is 30.7. The lowest BCUT2D eigenvalue weighted by Gasteiger charge is -2.40. The molecule has 3 heterocycles. The van der Waals surface area contributed by atoms with E-state index in [0.717, 1.165) is 55.2 Å². The highest BCUT2D eigenvalue weighted by Gasteiger charge is 2.50. The van der Waals surface area contributed by atoms with Crippen LogP contribution in [0.3, 0.4) is 0 Å². The van der Waals surface area contributed by atoms with E-state index in [1.54, 1.807) is 0 Å². The van der Waals surface area contributed by atoms with Gasteiger partial charge in [-0.05, 0) is 74.8 Å². The van der Waals surface area contributed by atoms with Crippen molar-refractivity contribution in [2.24, 2.45) is 0 Å². The standard InChI is InChI=1S/C51H30N2OS/c1-5-23-40-34(16-1)35-17-2-6-24-41(35)51(40)42-25-7-10-29-46(42)55-49-33(20-13-26-43(49)51)31-14-11-15-32(30-31)47-38-19-3-8-27-44(38)52-50(53-47)39-22-12-21-37-36-18-4-9-28-45(36)54-48(37)39/h1-30H. The Morgan fingerprint density at radius 2 is 1.04 bits per heavy atom. The minimum Gasteiger partial charge on any atom is -0.455 e. The molecule has 2 aliphatic rings. The second-order valence-corrected chi connectivity index (χ2v) is 15.4. The first-order chi connectivity index (χ1) is 27.3. The highest BCUT2D eigenvalue weighted by atomic mass is 32.2. The number of para-hydroxylation sites is 3. The van der Waals surface area contributed by atoms with Crippen molar-refractivity contribution in [1.82, 2.24) is 9.97 Å². The van der Waals surface area contributed by atoms with Gasteiger partial charge in [-0.1, -0.05) is 163 Å². The molecule has 0 saturated heterocycles. The summed E-state index contributed by atoms with van der Waals surface area (Å²) >= 11 is 1.88. The van der Waals surface area contributed by atoms with Crippen molar-refractivity contribution in [1.29, 1.82) is 0 Å². The van der Waals surface area contributed by atoms with Crippen LogP contribution < -0.4 is 0 Å². The minimum atomic E-state index is -0.423. The number of nitrogens with zero attached hydrogens (tertiary/aromatic N) is 2. The van der Waals surface area contributed by atoms with E-state index < -0.39 is 5.41 Å². The highest BCUT2D eigenvalue weighted by Crippen LogP contribution is 2.63.